The van der Waals surface area contributed by atoms with E-state index < -0.39 is 53.2 Å². The predicted octanol–water partition coefficient (Wildman–Crippen LogP) is 2.18. The van der Waals surface area contributed by atoms with Gasteiger partial charge in [0.25, 0.3) is 11.6 Å². The number of nitrogens with zero attached hydrogens (tertiary/aromatic N) is 5. The molecule has 226 valence electrons. The second-order valence-electron chi connectivity index (χ2n) is 9.63. The molecule has 1 fully saturated rings. The zero-order valence-corrected chi connectivity index (χ0v) is 23.3. The fourth-order valence-electron chi connectivity index (χ4n) is 4.69. The van der Waals surface area contributed by atoms with Crippen LogP contribution in [0.15, 0.2) is 67.3 Å². The van der Waals surface area contributed by atoms with Crippen molar-refractivity contribution in [2.75, 3.05) is 11.9 Å². The van der Waals surface area contributed by atoms with Gasteiger partial charge in [0.05, 0.1) is 22.9 Å². The molecule has 5 rings (SSSR count). The van der Waals surface area contributed by atoms with Crippen LogP contribution in [-0.2, 0) is 23.8 Å². The van der Waals surface area contributed by atoms with Gasteiger partial charge in [0.1, 0.15) is 19.0 Å². The molecule has 0 bridgehead atoms. The predicted molar refractivity (Wildman–Crippen MR) is 150 cm³/mol. The molecule has 2 aromatic heterocycles. The van der Waals surface area contributed by atoms with E-state index >= 15 is 0 Å². The van der Waals surface area contributed by atoms with E-state index in [0.29, 0.717) is 5.56 Å². The maximum atomic E-state index is 12.8. The number of nitrogens with one attached hydrogen (secondary N) is 2. The van der Waals surface area contributed by atoms with Gasteiger partial charge in [0, 0.05) is 31.5 Å². The fraction of sp³-hybridized carbons (Fsp3) is 0.250. The highest BCUT2D eigenvalue weighted by Gasteiger charge is 2.49. The standard InChI is InChI=1S/C28H25N7O9/c1-15(36)32-21-20(12-42-28(39)18-8-10-19(11-9-18)35(40)41)44-27(23(21)43-16(2)37)34-14-31-22-24(29-13-30-25(22)34)33-26(38)17-6-4-3-5-7-17/h3-11,13-14,20-21,23,27H,12H2,1-2H3,(H,32,36)(H,29,30,33,38)/t20-,21-,23-,27-/m1/s1. The van der Waals surface area contributed by atoms with Gasteiger partial charge in [0.15, 0.2) is 29.3 Å². The number of carbonyl (C=O) groups excluding carboxylic acids is 4. The normalized spacial score (nSPS) is 19.2. The van der Waals surface area contributed by atoms with Crippen LogP contribution >= 0.6 is 0 Å². The molecule has 1 aliphatic heterocycles. The van der Waals surface area contributed by atoms with Crippen molar-refractivity contribution in [3.63, 3.8) is 0 Å². The third-order valence-corrected chi connectivity index (χ3v) is 6.62. The Morgan fingerprint density at radius 3 is 2.39 bits per heavy atom. The Kier molecular flexibility index (Phi) is 8.52. The summed E-state index contributed by atoms with van der Waals surface area (Å²) < 4.78 is 18.6. The molecular formula is C28H25N7O9. The zero-order chi connectivity index (χ0) is 31.4. The summed E-state index contributed by atoms with van der Waals surface area (Å²) in [6.45, 7) is 2.07. The van der Waals surface area contributed by atoms with Crippen molar-refractivity contribution in [2.24, 2.45) is 0 Å². The molecule has 0 saturated carbocycles. The summed E-state index contributed by atoms with van der Waals surface area (Å²) >= 11 is 0. The summed E-state index contributed by atoms with van der Waals surface area (Å²) in [4.78, 5) is 72.8. The van der Waals surface area contributed by atoms with Crippen molar-refractivity contribution in [1.29, 1.82) is 0 Å². The lowest BCUT2D eigenvalue weighted by molar-refractivity contribution is -0.384. The Bertz CT molecular complexity index is 1730. The summed E-state index contributed by atoms with van der Waals surface area (Å²) in [5.41, 5.74) is 0.691. The molecular weight excluding hydrogens is 578 g/mol. The number of hydrogen-bond donors (Lipinski definition) is 2. The first kappa shape index (κ1) is 29.7. The average molecular weight is 604 g/mol. The van der Waals surface area contributed by atoms with Crippen molar-refractivity contribution in [3.8, 4) is 0 Å². The van der Waals surface area contributed by atoms with E-state index in [-0.39, 0.29) is 34.8 Å². The highest BCUT2D eigenvalue weighted by atomic mass is 16.6. The first-order valence-electron chi connectivity index (χ1n) is 13.2. The van der Waals surface area contributed by atoms with E-state index in [1.807, 2.05) is 0 Å². The van der Waals surface area contributed by atoms with Crippen molar-refractivity contribution in [2.45, 2.75) is 38.3 Å². The summed E-state index contributed by atoms with van der Waals surface area (Å²) in [5, 5.41) is 16.3. The molecule has 0 aliphatic carbocycles. The van der Waals surface area contributed by atoms with Crippen LogP contribution in [0.4, 0.5) is 11.5 Å². The van der Waals surface area contributed by atoms with Crippen LogP contribution in [0.5, 0.6) is 0 Å². The van der Waals surface area contributed by atoms with Gasteiger partial charge in [0.2, 0.25) is 5.91 Å². The van der Waals surface area contributed by atoms with Crippen molar-refractivity contribution in [1.82, 2.24) is 24.8 Å². The highest BCUT2D eigenvalue weighted by molar-refractivity contribution is 6.06. The van der Waals surface area contributed by atoms with Crippen LogP contribution in [0.2, 0.25) is 0 Å². The Labute approximate surface area is 248 Å². The number of nitro benzene ring substituents is 1. The van der Waals surface area contributed by atoms with Gasteiger partial charge in [-0.2, -0.15) is 0 Å². The minimum Gasteiger partial charge on any atom is -0.459 e. The maximum Gasteiger partial charge on any atom is 0.338 e. The lowest BCUT2D eigenvalue weighted by Crippen LogP contribution is -2.49. The van der Waals surface area contributed by atoms with E-state index in [0.717, 1.165) is 12.1 Å². The number of imidazole rings is 1. The lowest BCUT2D eigenvalue weighted by atomic mass is 10.1. The van der Waals surface area contributed by atoms with Gasteiger partial charge < -0.3 is 24.8 Å². The van der Waals surface area contributed by atoms with Crippen LogP contribution in [-0.4, -0.2) is 73.1 Å². The summed E-state index contributed by atoms with van der Waals surface area (Å²) in [6.07, 6.45) is -0.655. The number of benzene rings is 2. The van der Waals surface area contributed by atoms with E-state index in [1.165, 1.54) is 43.2 Å². The Morgan fingerprint density at radius 2 is 1.73 bits per heavy atom. The number of aromatic nitrogens is 4. The molecule has 1 aliphatic rings. The van der Waals surface area contributed by atoms with Crippen LogP contribution in [0, 0.1) is 10.1 Å². The molecule has 0 radical (unpaired) electrons. The summed E-state index contributed by atoms with van der Waals surface area (Å²) in [5.74, 6) is -2.23. The van der Waals surface area contributed by atoms with Crippen LogP contribution in [0.3, 0.4) is 0 Å². The largest absolute Gasteiger partial charge is 0.459 e. The molecule has 0 unspecified atom stereocenters. The first-order valence-corrected chi connectivity index (χ1v) is 13.2. The van der Waals surface area contributed by atoms with E-state index in [1.54, 1.807) is 30.3 Å². The van der Waals surface area contributed by atoms with Gasteiger partial charge in [-0.05, 0) is 24.3 Å². The monoisotopic (exact) mass is 603 g/mol. The lowest BCUT2D eigenvalue weighted by Gasteiger charge is -2.24. The number of nitro groups is 1. The van der Waals surface area contributed by atoms with Crippen molar-refractivity contribution < 1.29 is 38.3 Å². The van der Waals surface area contributed by atoms with E-state index in [4.69, 9.17) is 14.2 Å². The number of non-ortho nitro benzene ring substituents is 1. The Hall–Kier alpha value is -5.77. The Balaban J connectivity index is 1.42. The summed E-state index contributed by atoms with van der Waals surface area (Å²) in [6, 6.07) is 12.3. The van der Waals surface area contributed by atoms with Crippen LogP contribution < -0.4 is 10.6 Å². The van der Waals surface area contributed by atoms with Gasteiger partial charge in [-0.3, -0.25) is 29.1 Å². The number of ether oxygens (including phenoxy) is 3. The average Bonchev–Trinajstić information content (AvgIpc) is 3.57. The molecule has 4 atom stereocenters. The minimum absolute atomic E-state index is 0.0557. The molecule has 16 heteroatoms. The van der Waals surface area contributed by atoms with Crippen molar-refractivity contribution in [3.05, 3.63) is 88.5 Å². The molecule has 0 spiro atoms. The SMILES string of the molecule is CC(=O)N[C@H]1[C@@H](OC(C)=O)[C@H](n2cnc3c(NC(=O)c4ccccc4)ncnc32)O[C@@H]1COC(=O)c1ccc([N+](=O)[O-])cc1. The Morgan fingerprint density at radius 1 is 1.00 bits per heavy atom. The number of hydrogen-bond acceptors (Lipinski definition) is 12. The number of fused-ring (bicyclic) bond motifs is 1. The molecule has 2 aromatic carbocycles. The second kappa shape index (κ2) is 12.6. The second-order valence-corrected chi connectivity index (χ2v) is 9.63. The quantitative estimate of drug-likeness (QED) is 0.160. The third kappa shape index (κ3) is 6.34. The molecule has 3 heterocycles. The number of rotatable bonds is 9. The molecule has 2 N–H and O–H groups in total. The van der Waals surface area contributed by atoms with Gasteiger partial charge >= 0.3 is 11.9 Å². The van der Waals surface area contributed by atoms with Crippen molar-refractivity contribution >= 4 is 46.4 Å². The highest BCUT2D eigenvalue weighted by Crippen LogP contribution is 2.35. The molecule has 1 saturated heterocycles. The molecule has 4 aromatic rings. The van der Waals surface area contributed by atoms with E-state index in [9.17, 15) is 29.3 Å². The number of esters is 2. The van der Waals surface area contributed by atoms with Gasteiger partial charge in [-0.25, -0.2) is 19.7 Å². The molecule has 2 amide bonds. The smallest absolute Gasteiger partial charge is 0.338 e. The fourth-order valence-corrected chi connectivity index (χ4v) is 4.69. The number of anilines is 1. The molecule has 44 heavy (non-hydrogen) atoms. The zero-order valence-electron chi connectivity index (χ0n) is 23.3. The van der Waals surface area contributed by atoms with E-state index in [2.05, 4.69) is 25.6 Å². The molecule has 16 nitrogen and oxygen atoms in total. The number of amides is 2. The van der Waals surface area contributed by atoms with Crippen LogP contribution in [0.1, 0.15) is 40.8 Å². The topological polar surface area (TPSA) is 207 Å². The minimum atomic E-state index is -1.12. The van der Waals surface area contributed by atoms with Crippen LogP contribution in [0.25, 0.3) is 11.2 Å². The first-order chi connectivity index (χ1) is 21.1. The summed E-state index contributed by atoms with van der Waals surface area (Å²) in [7, 11) is 0. The van der Waals surface area contributed by atoms with Gasteiger partial charge in [-0.1, -0.05) is 18.2 Å². The van der Waals surface area contributed by atoms with Gasteiger partial charge in [-0.15, -0.1) is 0 Å². The third-order valence-electron chi connectivity index (χ3n) is 6.62. The maximum absolute atomic E-state index is 12.8. The number of carbonyl (C=O) groups is 4.